The van der Waals surface area contributed by atoms with Gasteiger partial charge in [0.05, 0.1) is 0 Å². The van der Waals surface area contributed by atoms with Crippen LogP contribution in [0.1, 0.15) is 23.6 Å². The van der Waals surface area contributed by atoms with Crippen molar-refractivity contribution in [3.05, 3.63) is 65.2 Å². The molecule has 0 amide bonds. The summed E-state index contributed by atoms with van der Waals surface area (Å²) in [5.74, 6) is 0. The van der Waals surface area contributed by atoms with E-state index < -0.39 is 0 Å². The van der Waals surface area contributed by atoms with Crippen molar-refractivity contribution in [1.82, 2.24) is 0 Å². The highest BCUT2D eigenvalue weighted by Gasteiger charge is 2.02. The first-order valence-corrected chi connectivity index (χ1v) is 6.01. The number of aryl methyl sites for hydroxylation is 2. The second kappa shape index (κ2) is 5.01. The fraction of sp³-hybridized carbons (Fsp3) is 0.176. The van der Waals surface area contributed by atoms with Gasteiger partial charge in [-0.25, -0.2) is 0 Å². The molecule has 0 spiro atoms. The predicted molar refractivity (Wildman–Crippen MR) is 76.1 cm³/mol. The highest BCUT2D eigenvalue weighted by Crippen LogP contribution is 2.25. The topological polar surface area (TPSA) is 0 Å². The number of allylic oxidation sites excluding steroid dienone is 1. The van der Waals surface area contributed by atoms with E-state index in [1.165, 1.54) is 27.8 Å². The summed E-state index contributed by atoms with van der Waals surface area (Å²) in [6.45, 7) is 6.36. The average molecular weight is 222 g/mol. The molecule has 0 aliphatic rings. The number of benzene rings is 2. The summed E-state index contributed by atoms with van der Waals surface area (Å²) >= 11 is 0. The second-order valence-corrected chi connectivity index (χ2v) is 4.39. The molecule has 0 radical (unpaired) electrons. The van der Waals surface area contributed by atoms with E-state index in [0.717, 1.165) is 0 Å². The van der Waals surface area contributed by atoms with Crippen molar-refractivity contribution in [1.29, 1.82) is 0 Å². The maximum absolute atomic E-state index is 2.26. The molecule has 0 bridgehead atoms. The summed E-state index contributed by atoms with van der Waals surface area (Å²) in [5.41, 5.74) is 6.55. The Morgan fingerprint density at radius 2 is 1.65 bits per heavy atom. The van der Waals surface area contributed by atoms with Crippen molar-refractivity contribution >= 4 is 6.08 Å². The monoisotopic (exact) mass is 222 g/mol. The van der Waals surface area contributed by atoms with Crippen LogP contribution in [-0.2, 0) is 0 Å². The maximum atomic E-state index is 2.26. The van der Waals surface area contributed by atoms with Gasteiger partial charge in [-0.2, -0.15) is 0 Å². The van der Waals surface area contributed by atoms with E-state index in [1.54, 1.807) is 0 Å². The van der Waals surface area contributed by atoms with E-state index in [4.69, 9.17) is 0 Å². The standard InChI is InChI=1S/C17H18/c1-4-7-15-12-16(11-10-13(15)2)17-9-6-5-8-14(17)3/h4-12H,1-3H3/b7-4-. The minimum Gasteiger partial charge on any atom is -0.0871 e. The van der Waals surface area contributed by atoms with Crippen LogP contribution in [0.2, 0.25) is 0 Å². The molecule has 0 N–H and O–H groups in total. The van der Waals surface area contributed by atoms with Gasteiger partial charge in [0.15, 0.2) is 0 Å². The molecular weight excluding hydrogens is 204 g/mol. The maximum Gasteiger partial charge on any atom is -0.0155 e. The van der Waals surface area contributed by atoms with E-state index in [1.807, 2.05) is 0 Å². The summed E-state index contributed by atoms with van der Waals surface area (Å²) in [4.78, 5) is 0. The molecule has 2 aromatic rings. The lowest BCUT2D eigenvalue weighted by atomic mass is 9.96. The van der Waals surface area contributed by atoms with Crippen LogP contribution in [0.15, 0.2) is 48.5 Å². The van der Waals surface area contributed by atoms with E-state index in [2.05, 4.69) is 75.4 Å². The minimum atomic E-state index is 1.29. The Hall–Kier alpha value is -1.82. The van der Waals surface area contributed by atoms with Crippen LogP contribution in [0.25, 0.3) is 17.2 Å². The SMILES string of the molecule is C/C=C\c1cc(-c2ccccc2C)ccc1C. The zero-order chi connectivity index (χ0) is 12.3. The van der Waals surface area contributed by atoms with Crippen molar-refractivity contribution in [3.63, 3.8) is 0 Å². The highest BCUT2D eigenvalue weighted by atomic mass is 14.1. The van der Waals surface area contributed by atoms with Gasteiger partial charge in [-0.15, -0.1) is 0 Å². The van der Waals surface area contributed by atoms with Crippen LogP contribution in [0, 0.1) is 13.8 Å². The second-order valence-electron chi connectivity index (χ2n) is 4.39. The zero-order valence-corrected chi connectivity index (χ0v) is 10.7. The summed E-state index contributed by atoms with van der Waals surface area (Å²) < 4.78 is 0. The van der Waals surface area contributed by atoms with Crippen molar-refractivity contribution in [2.75, 3.05) is 0 Å². The molecular formula is C17H18. The average Bonchev–Trinajstić information content (AvgIpc) is 2.33. The van der Waals surface area contributed by atoms with Crippen LogP contribution >= 0.6 is 0 Å². The van der Waals surface area contributed by atoms with Gasteiger partial charge >= 0.3 is 0 Å². The Morgan fingerprint density at radius 3 is 2.35 bits per heavy atom. The molecule has 0 aliphatic carbocycles. The van der Waals surface area contributed by atoms with Crippen molar-refractivity contribution < 1.29 is 0 Å². The molecule has 0 heterocycles. The van der Waals surface area contributed by atoms with Crippen LogP contribution < -0.4 is 0 Å². The zero-order valence-electron chi connectivity index (χ0n) is 10.7. The summed E-state index contributed by atoms with van der Waals surface area (Å²) in [6.07, 6.45) is 4.25. The Labute approximate surface area is 104 Å². The van der Waals surface area contributed by atoms with E-state index in [-0.39, 0.29) is 0 Å². The number of hydrogen-bond acceptors (Lipinski definition) is 0. The quantitative estimate of drug-likeness (QED) is 0.670. The minimum absolute atomic E-state index is 1.29. The molecule has 0 nitrogen and oxygen atoms in total. The molecule has 0 heteroatoms. The lowest BCUT2D eigenvalue weighted by Crippen LogP contribution is -1.86. The first-order valence-electron chi connectivity index (χ1n) is 6.01. The molecule has 0 saturated carbocycles. The molecule has 0 aliphatic heterocycles. The predicted octanol–water partition coefficient (Wildman–Crippen LogP) is 5.00. The summed E-state index contributed by atoms with van der Waals surface area (Å²) in [7, 11) is 0. The van der Waals surface area contributed by atoms with Crippen molar-refractivity contribution in [2.45, 2.75) is 20.8 Å². The molecule has 17 heavy (non-hydrogen) atoms. The smallest absolute Gasteiger partial charge is 0.0155 e. The van der Waals surface area contributed by atoms with Crippen molar-refractivity contribution in [3.8, 4) is 11.1 Å². The van der Waals surface area contributed by atoms with Gasteiger partial charge in [0, 0.05) is 0 Å². The third-order valence-electron chi connectivity index (χ3n) is 3.08. The Kier molecular flexibility index (Phi) is 3.43. The van der Waals surface area contributed by atoms with Gasteiger partial charge in [-0.1, -0.05) is 48.6 Å². The molecule has 0 saturated heterocycles. The molecule has 86 valence electrons. The van der Waals surface area contributed by atoms with E-state index >= 15 is 0 Å². The third kappa shape index (κ3) is 2.47. The van der Waals surface area contributed by atoms with Crippen LogP contribution in [-0.4, -0.2) is 0 Å². The van der Waals surface area contributed by atoms with Crippen LogP contribution in [0.4, 0.5) is 0 Å². The molecule has 0 aromatic heterocycles. The Balaban J connectivity index is 2.54. The van der Waals surface area contributed by atoms with Gasteiger partial charge in [-0.3, -0.25) is 0 Å². The summed E-state index contributed by atoms with van der Waals surface area (Å²) in [5, 5.41) is 0. The van der Waals surface area contributed by atoms with Gasteiger partial charge in [0.2, 0.25) is 0 Å². The van der Waals surface area contributed by atoms with Gasteiger partial charge in [-0.05, 0) is 54.7 Å². The van der Waals surface area contributed by atoms with Crippen LogP contribution in [0.3, 0.4) is 0 Å². The number of hydrogen-bond donors (Lipinski definition) is 0. The van der Waals surface area contributed by atoms with Crippen LogP contribution in [0.5, 0.6) is 0 Å². The molecule has 0 unspecified atom stereocenters. The van der Waals surface area contributed by atoms with Gasteiger partial charge in [0.25, 0.3) is 0 Å². The van der Waals surface area contributed by atoms with Gasteiger partial charge < -0.3 is 0 Å². The first-order chi connectivity index (χ1) is 8.22. The summed E-state index contributed by atoms with van der Waals surface area (Å²) in [6, 6.07) is 15.2. The van der Waals surface area contributed by atoms with Gasteiger partial charge in [0.1, 0.15) is 0 Å². The molecule has 0 fully saturated rings. The number of rotatable bonds is 2. The molecule has 2 aromatic carbocycles. The highest BCUT2D eigenvalue weighted by molar-refractivity contribution is 5.71. The van der Waals surface area contributed by atoms with E-state index in [0.29, 0.717) is 0 Å². The molecule has 0 atom stereocenters. The Bertz CT molecular complexity index is 548. The van der Waals surface area contributed by atoms with Crippen molar-refractivity contribution in [2.24, 2.45) is 0 Å². The third-order valence-corrected chi connectivity index (χ3v) is 3.08. The Morgan fingerprint density at radius 1 is 0.882 bits per heavy atom. The van der Waals surface area contributed by atoms with E-state index in [9.17, 15) is 0 Å². The lowest BCUT2D eigenvalue weighted by Gasteiger charge is -2.08. The fourth-order valence-electron chi connectivity index (χ4n) is 2.06. The normalized spacial score (nSPS) is 11.0. The molecule has 2 rings (SSSR count). The first kappa shape index (κ1) is 11.7. The fourth-order valence-corrected chi connectivity index (χ4v) is 2.06. The largest absolute Gasteiger partial charge is 0.0871 e. The lowest BCUT2D eigenvalue weighted by molar-refractivity contribution is 1.41.